The molecule has 0 N–H and O–H groups in total. The van der Waals surface area contributed by atoms with Crippen molar-refractivity contribution >= 4 is 32.7 Å². The molecule has 0 aromatic carbocycles. The van der Waals surface area contributed by atoms with Crippen molar-refractivity contribution in [1.29, 1.82) is 0 Å². The van der Waals surface area contributed by atoms with Gasteiger partial charge in [0.2, 0.25) is 5.65 Å². The van der Waals surface area contributed by atoms with E-state index in [1.807, 2.05) is 19.3 Å². The third-order valence-corrected chi connectivity index (χ3v) is 4.87. The number of hydrogen-bond acceptors (Lipinski definition) is 5. The lowest BCUT2D eigenvalue weighted by molar-refractivity contribution is 0.662. The van der Waals surface area contributed by atoms with Crippen LogP contribution in [0.1, 0.15) is 5.56 Å². The van der Waals surface area contributed by atoms with Gasteiger partial charge in [0.05, 0.1) is 29.2 Å². The van der Waals surface area contributed by atoms with Crippen molar-refractivity contribution in [1.82, 2.24) is 39.1 Å². The summed E-state index contributed by atoms with van der Waals surface area (Å²) in [6.07, 6.45) is 7.44. The Hall–Kier alpha value is -3.07. The van der Waals surface area contributed by atoms with Crippen molar-refractivity contribution < 1.29 is 0 Å². The van der Waals surface area contributed by atoms with Crippen LogP contribution in [0.25, 0.3) is 28.1 Å². The van der Waals surface area contributed by atoms with E-state index in [4.69, 9.17) is 4.98 Å². The molecule has 0 bridgehead atoms. The van der Waals surface area contributed by atoms with Crippen LogP contribution in [0.2, 0.25) is 0 Å². The minimum atomic E-state index is 0.529. The van der Waals surface area contributed by atoms with Crippen molar-refractivity contribution in [2.24, 2.45) is 7.05 Å². The van der Waals surface area contributed by atoms with Crippen molar-refractivity contribution in [3.63, 3.8) is 0 Å². The standard InChI is InChI=1S/C17H13BrN8/c1-24-10-12(6-20-24)14-7-19-16-17(21-14)26(23-22-16)9-11-2-3-13-4-5-15(18)25(13)8-11/h2-8,10H,9H2,1H3. The predicted molar refractivity (Wildman–Crippen MR) is 99.5 cm³/mol. The highest BCUT2D eigenvalue weighted by molar-refractivity contribution is 9.10. The summed E-state index contributed by atoms with van der Waals surface area (Å²) in [7, 11) is 1.87. The molecule has 5 rings (SSSR count). The third-order valence-electron chi connectivity index (χ3n) is 4.22. The molecule has 8 nitrogen and oxygen atoms in total. The smallest absolute Gasteiger partial charge is 0.221 e. The molecule has 0 saturated heterocycles. The zero-order chi connectivity index (χ0) is 17.7. The van der Waals surface area contributed by atoms with Gasteiger partial charge in [0.25, 0.3) is 0 Å². The first-order valence-electron chi connectivity index (χ1n) is 7.98. The topological polar surface area (TPSA) is 78.7 Å². The lowest BCUT2D eigenvalue weighted by Crippen LogP contribution is -2.04. The van der Waals surface area contributed by atoms with Gasteiger partial charge >= 0.3 is 0 Å². The highest BCUT2D eigenvalue weighted by Gasteiger charge is 2.12. The second-order valence-electron chi connectivity index (χ2n) is 6.04. The van der Waals surface area contributed by atoms with Crippen LogP contribution in [-0.4, -0.2) is 39.1 Å². The summed E-state index contributed by atoms with van der Waals surface area (Å²) in [6.45, 7) is 0.558. The zero-order valence-corrected chi connectivity index (χ0v) is 15.4. The quantitative estimate of drug-likeness (QED) is 0.458. The van der Waals surface area contributed by atoms with E-state index in [2.05, 4.69) is 65.1 Å². The van der Waals surface area contributed by atoms with E-state index >= 15 is 0 Å². The van der Waals surface area contributed by atoms with Crippen LogP contribution in [0.15, 0.2) is 53.7 Å². The first-order chi connectivity index (χ1) is 12.7. The van der Waals surface area contributed by atoms with E-state index in [-0.39, 0.29) is 0 Å². The number of aryl methyl sites for hydroxylation is 1. The van der Waals surface area contributed by atoms with Crippen molar-refractivity contribution in [3.8, 4) is 11.3 Å². The number of pyridine rings is 1. The maximum Gasteiger partial charge on any atom is 0.221 e. The monoisotopic (exact) mass is 408 g/mol. The Bertz CT molecular complexity index is 1250. The summed E-state index contributed by atoms with van der Waals surface area (Å²) in [5.41, 5.74) is 5.06. The Balaban J connectivity index is 1.56. The molecule has 5 heterocycles. The normalized spacial score (nSPS) is 11.6. The molecule has 5 aromatic heterocycles. The van der Waals surface area contributed by atoms with Crippen LogP contribution in [0.5, 0.6) is 0 Å². The van der Waals surface area contributed by atoms with E-state index in [1.165, 1.54) is 0 Å². The zero-order valence-electron chi connectivity index (χ0n) is 13.8. The molecule has 0 radical (unpaired) electrons. The average Bonchev–Trinajstić information content (AvgIpc) is 3.35. The number of rotatable bonds is 3. The largest absolute Gasteiger partial charge is 0.311 e. The predicted octanol–water partition coefficient (Wildman–Crippen LogP) is 2.69. The highest BCUT2D eigenvalue weighted by Crippen LogP contribution is 2.19. The van der Waals surface area contributed by atoms with Crippen LogP contribution in [0.4, 0.5) is 0 Å². The van der Waals surface area contributed by atoms with Gasteiger partial charge < -0.3 is 4.40 Å². The van der Waals surface area contributed by atoms with Gasteiger partial charge in [-0.05, 0) is 39.7 Å². The number of aromatic nitrogens is 8. The SMILES string of the molecule is Cn1cc(-c2cnc3nnn(Cc4ccc5ccc(Br)n5c4)c3n2)cn1. The van der Waals surface area contributed by atoms with Gasteiger partial charge in [0, 0.05) is 30.5 Å². The summed E-state index contributed by atoms with van der Waals surface area (Å²) in [5.74, 6) is 0. The molecule has 0 saturated carbocycles. The number of hydrogen-bond donors (Lipinski definition) is 0. The molecular formula is C17H13BrN8. The molecule has 0 aliphatic heterocycles. The Morgan fingerprint density at radius 3 is 2.81 bits per heavy atom. The first kappa shape index (κ1) is 15.2. The van der Waals surface area contributed by atoms with Crippen LogP contribution in [0.3, 0.4) is 0 Å². The van der Waals surface area contributed by atoms with Crippen LogP contribution >= 0.6 is 15.9 Å². The molecular weight excluding hydrogens is 396 g/mol. The maximum atomic E-state index is 4.69. The molecule has 0 aliphatic rings. The number of nitrogens with zero attached hydrogens (tertiary/aromatic N) is 8. The lowest BCUT2D eigenvalue weighted by atomic mass is 10.2. The molecule has 5 aromatic rings. The van der Waals surface area contributed by atoms with E-state index in [0.717, 1.165) is 26.9 Å². The summed E-state index contributed by atoms with van der Waals surface area (Å²) in [5, 5.41) is 12.5. The first-order valence-corrected chi connectivity index (χ1v) is 8.77. The van der Waals surface area contributed by atoms with Gasteiger partial charge in [0.1, 0.15) is 0 Å². The van der Waals surface area contributed by atoms with E-state index in [9.17, 15) is 0 Å². The Kier molecular flexibility index (Phi) is 3.35. The van der Waals surface area contributed by atoms with E-state index in [1.54, 1.807) is 21.8 Å². The van der Waals surface area contributed by atoms with Crippen LogP contribution in [-0.2, 0) is 13.6 Å². The molecule has 0 atom stereocenters. The fraction of sp³-hybridized carbons (Fsp3) is 0.118. The highest BCUT2D eigenvalue weighted by atomic mass is 79.9. The minimum absolute atomic E-state index is 0.529. The molecule has 0 aliphatic carbocycles. The Morgan fingerprint density at radius 1 is 1.08 bits per heavy atom. The second-order valence-corrected chi connectivity index (χ2v) is 6.85. The summed E-state index contributed by atoms with van der Waals surface area (Å²) in [6, 6.07) is 8.24. The van der Waals surface area contributed by atoms with Crippen molar-refractivity contribution in [2.45, 2.75) is 6.54 Å². The van der Waals surface area contributed by atoms with Gasteiger partial charge in [-0.2, -0.15) is 5.10 Å². The van der Waals surface area contributed by atoms with Crippen molar-refractivity contribution in [2.75, 3.05) is 0 Å². The van der Waals surface area contributed by atoms with Gasteiger partial charge in [-0.15, -0.1) is 5.10 Å². The van der Waals surface area contributed by atoms with Gasteiger partial charge in [-0.1, -0.05) is 11.3 Å². The third kappa shape index (κ3) is 2.48. The summed E-state index contributed by atoms with van der Waals surface area (Å²) >= 11 is 3.55. The molecule has 0 spiro atoms. The fourth-order valence-corrected chi connectivity index (χ4v) is 3.37. The minimum Gasteiger partial charge on any atom is -0.311 e. The maximum absolute atomic E-state index is 4.69. The van der Waals surface area contributed by atoms with Gasteiger partial charge in [0.15, 0.2) is 5.65 Å². The van der Waals surface area contributed by atoms with Gasteiger partial charge in [-0.3, -0.25) is 4.68 Å². The summed E-state index contributed by atoms with van der Waals surface area (Å²) in [4.78, 5) is 9.07. The molecule has 0 unspecified atom stereocenters. The Labute approximate surface area is 156 Å². The van der Waals surface area contributed by atoms with Crippen LogP contribution < -0.4 is 0 Å². The Morgan fingerprint density at radius 2 is 1.96 bits per heavy atom. The molecule has 9 heteroatoms. The van der Waals surface area contributed by atoms with E-state index < -0.39 is 0 Å². The summed E-state index contributed by atoms with van der Waals surface area (Å²) < 4.78 is 6.60. The molecule has 0 fully saturated rings. The average molecular weight is 409 g/mol. The fourth-order valence-electron chi connectivity index (χ4n) is 2.93. The molecule has 128 valence electrons. The van der Waals surface area contributed by atoms with Gasteiger partial charge in [-0.25, -0.2) is 14.6 Å². The number of halogens is 1. The van der Waals surface area contributed by atoms with E-state index in [0.29, 0.717) is 17.8 Å². The second kappa shape index (κ2) is 5.73. The van der Waals surface area contributed by atoms with Crippen molar-refractivity contribution in [3.05, 3.63) is 59.2 Å². The lowest BCUT2D eigenvalue weighted by Gasteiger charge is -2.05. The molecule has 26 heavy (non-hydrogen) atoms. The van der Waals surface area contributed by atoms with Crippen LogP contribution in [0, 0.1) is 0 Å². The number of fused-ring (bicyclic) bond motifs is 2. The molecule has 0 amide bonds.